The summed E-state index contributed by atoms with van der Waals surface area (Å²) in [6, 6.07) is 12.5. The number of carbonyl (C=O) groups is 2. The van der Waals surface area contributed by atoms with Crippen LogP contribution in [0.1, 0.15) is 21.5 Å². The fourth-order valence-electron chi connectivity index (χ4n) is 2.12. The van der Waals surface area contributed by atoms with Gasteiger partial charge in [-0.15, -0.1) is 0 Å². The number of nitrogens with one attached hydrogen (secondary N) is 1. The molecule has 6 nitrogen and oxygen atoms in total. The number of amides is 1. The van der Waals surface area contributed by atoms with E-state index in [9.17, 15) is 18.0 Å². The van der Waals surface area contributed by atoms with Crippen molar-refractivity contribution in [3.8, 4) is 0 Å². The summed E-state index contributed by atoms with van der Waals surface area (Å²) < 4.78 is 22.8. The number of rotatable bonds is 6. The molecule has 126 valence electrons. The average molecular weight is 347 g/mol. The van der Waals surface area contributed by atoms with Crippen molar-refractivity contribution in [2.75, 3.05) is 6.26 Å². The summed E-state index contributed by atoms with van der Waals surface area (Å²) >= 11 is 0. The molecular weight excluding hydrogens is 330 g/mol. The highest BCUT2D eigenvalue weighted by molar-refractivity contribution is 7.90. The van der Waals surface area contributed by atoms with Gasteiger partial charge in [-0.25, -0.2) is 13.2 Å². The Morgan fingerprint density at radius 2 is 1.71 bits per heavy atom. The highest BCUT2D eigenvalue weighted by atomic mass is 32.2. The smallest absolute Gasteiger partial charge is 0.335 e. The Morgan fingerprint density at radius 1 is 1.04 bits per heavy atom. The second-order valence-corrected chi connectivity index (χ2v) is 7.39. The van der Waals surface area contributed by atoms with E-state index in [0.717, 1.165) is 11.8 Å². The Hall–Kier alpha value is -2.67. The van der Waals surface area contributed by atoms with Crippen LogP contribution in [0.4, 0.5) is 0 Å². The third-order valence-corrected chi connectivity index (χ3v) is 4.51. The molecular formula is C17H17NO5S. The van der Waals surface area contributed by atoms with Gasteiger partial charge in [0.05, 0.1) is 16.9 Å². The van der Waals surface area contributed by atoms with Gasteiger partial charge in [0.15, 0.2) is 9.84 Å². The first-order chi connectivity index (χ1) is 11.3. The van der Waals surface area contributed by atoms with Crippen LogP contribution >= 0.6 is 0 Å². The molecule has 0 aromatic heterocycles. The SMILES string of the molecule is CS(=O)(=O)c1ccc(CNC(=O)Cc2cccc(C(=O)O)c2)cc1. The zero-order valence-electron chi connectivity index (χ0n) is 13.0. The summed E-state index contributed by atoms with van der Waals surface area (Å²) in [6.07, 6.45) is 1.21. The first-order valence-electron chi connectivity index (χ1n) is 7.13. The lowest BCUT2D eigenvalue weighted by atomic mass is 10.1. The van der Waals surface area contributed by atoms with Crippen LogP contribution in [0.2, 0.25) is 0 Å². The summed E-state index contributed by atoms with van der Waals surface area (Å²) in [7, 11) is -3.24. The van der Waals surface area contributed by atoms with Crippen molar-refractivity contribution in [2.24, 2.45) is 0 Å². The number of carbonyl (C=O) groups excluding carboxylic acids is 1. The Balaban J connectivity index is 1.94. The molecule has 0 heterocycles. The van der Waals surface area contributed by atoms with Crippen LogP contribution in [-0.4, -0.2) is 31.7 Å². The molecule has 2 rings (SSSR count). The van der Waals surface area contributed by atoms with E-state index in [1.165, 1.54) is 24.3 Å². The normalized spacial score (nSPS) is 11.0. The first kappa shape index (κ1) is 17.7. The molecule has 1 amide bonds. The molecule has 0 saturated carbocycles. The molecule has 0 bridgehead atoms. The zero-order valence-corrected chi connectivity index (χ0v) is 13.8. The third kappa shape index (κ3) is 4.92. The monoisotopic (exact) mass is 347 g/mol. The van der Waals surface area contributed by atoms with E-state index in [0.29, 0.717) is 5.56 Å². The number of aromatic carboxylic acids is 1. The minimum Gasteiger partial charge on any atom is -0.478 e. The van der Waals surface area contributed by atoms with E-state index in [-0.39, 0.29) is 29.3 Å². The Kier molecular flexibility index (Phi) is 5.35. The summed E-state index contributed by atoms with van der Waals surface area (Å²) in [4.78, 5) is 23.1. The Labute approximate surface area is 140 Å². The minimum absolute atomic E-state index is 0.0720. The van der Waals surface area contributed by atoms with Gasteiger partial charge in [-0.2, -0.15) is 0 Å². The second kappa shape index (κ2) is 7.27. The summed E-state index contributed by atoms with van der Waals surface area (Å²) in [5, 5.41) is 11.7. The van der Waals surface area contributed by atoms with E-state index in [2.05, 4.69) is 5.32 Å². The van der Waals surface area contributed by atoms with Crippen LogP contribution in [0.25, 0.3) is 0 Å². The van der Waals surface area contributed by atoms with Crippen LogP contribution in [0.3, 0.4) is 0 Å². The van der Waals surface area contributed by atoms with Crippen LogP contribution in [0.5, 0.6) is 0 Å². The van der Waals surface area contributed by atoms with Gasteiger partial charge in [-0.3, -0.25) is 4.79 Å². The largest absolute Gasteiger partial charge is 0.478 e. The van der Waals surface area contributed by atoms with Gasteiger partial charge in [0, 0.05) is 12.8 Å². The molecule has 24 heavy (non-hydrogen) atoms. The summed E-state index contributed by atoms with van der Waals surface area (Å²) in [5.41, 5.74) is 1.52. The van der Waals surface area contributed by atoms with Crippen molar-refractivity contribution in [1.29, 1.82) is 0 Å². The lowest BCUT2D eigenvalue weighted by Gasteiger charge is -2.07. The maximum absolute atomic E-state index is 11.9. The van der Waals surface area contributed by atoms with E-state index >= 15 is 0 Å². The highest BCUT2D eigenvalue weighted by Gasteiger charge is 2.08. The topological polar surface area (TPSA) is 101 Å². The molecule has 0 radical (unpaired) electrons. The molecule has 0 unspecified atom stereocenters. The highest BCUT2D eigenvalue weighted by Crippen LogP contribution is 2.10. The first-order valence-corrected chi connectivity index (χ1v) is 9.03. The van der Waals surface area contributed by atoms with Gasteiger partial charge < -0.3 is 10.4 Å². The maximum Gasteiger partial charge on any atom is 0.335 e. The third-order valence-electron chi connectivity index (χ3n) is 3.38. The molecule has 0 aliphatic heterocycles. The van der Waals surface area contributed by atoms with Gasteiger partial charge in [-0.05, 0) is 35.4 Å². The van der Waals surface area contributed by atoms with Crippen molar-refractivity contribution >= 4 is 21.7 Å². The second-order valence-electron chi connectivity index (χ2n) is 5.38. The van der Waals surface area contributed by atoms with Gasteiger partial charge in [0.2, 0.25) is 5.91 Å². The molecule has 2 aromatic rings. The molecule has 2 N–H and O–H groups in total. The minimum atomic E-state index is -3.24. The Bertz CT molecular complexity index is 857. The molecule has 7 heteroatoms. The van der Waals surface area contributed by atoms with Crippen molar-refractivity contribution in [2.45, 2.75) is 17.9 Å². The molecule has 0 atom stereocenters. The van der Waals surface area contributed by atoms with Crippen LogP contribution in [-0.2, 0) is 27.6 Å². The number of carboxylic acids is 1. The number of hydrogen-bond acceptors (Lipinski definition) is 4. The fraction of sp³-hybridized carbons (Fsp3) is 0.176. The maximum atomic E-state index is 11.9. The van der Waals surface area contributed by atoms with Gasteiger partial charge in [-0.1, -0.05) is 24.3 Å². The lowest BCUT2D eigenvalue weighted by molar-refractivity contribution is -0.120. The quantitative estimate of drug-likeness (QED) is 0.827. The van der Waals surface area contributed by atoms with Crippen molar-refractivity contribution in [3.63, 3.8) is 0 Å². The average Bonchev–Trinajstić information content (AvgIpc) is 2.53. The molecule has 2 aromatic carbocycles. The van der Waals surface area contributed by atoms with Crippen molar-refractivity contribution in [3.05, 3.63) is 65.2 Å². The number of benzene rings is 2. The number of sulfone groups is 1. The van der Waals surface area contributed by atoms with E-state index in [1.54, 1.807) is 24.3 Å². The van der Waals surface area contributed by atoms with Crippen LogP contribution in [0, 0.1) is 0 Å². The number of hydrogen-bond donors (Lipinski definition) is 2. The van der Waals surface area contributed by atoms with Crippen LogP contribution in [0.15, 0.2) is 53.4 Å². The van der Waals surface area contributed by atoms with E-state index < -0.39 is 15.8 Å². The van der Waals surface area contributed by atoms with E-state index in [1.807, 2.05) is 0 Å². The van der Waals surface area contributed by atoms with E-state index in [4.69, 9.17) is 5.11 Å². The summed E-state index contributed by atoms with van der Waals surface area (Å²) in [6.45, 7) is 0.265. The Morgan fingerprint density at radius 3 is 2.29 bits per heavy atom. The van der Waals surface area contributed by atoms with Gasteiger partial charge in [0.25, 0.3) is 0 Å². The summed E-state index contributed by atoms with van der Waals surface area (Å²) in [5.74, 6) is -1.28. The van der Waals surface area contributed by atoms with Crippen LogP contribution < -0.4 is 5.32 Å². The number of carboxylic acid groups (broad SMARTS) is 1. The zero-order chi connectivity index (χ0) is 17.7. The fourth-order valence-corrected chi connectivity index (χ4v) is 2.75. The molecule has 0 saturated heterocycles. The van der Waals surface area contributed by atoms with Gasteiger partial charge >= 0.3 is 5.97 Å². The van der Waals surface area contributed by atoms with Gasteiger partial charge in [0.1, 0.15) is 0 Å². The predicted octanol–water partition coefficient (Wildman–Crippen LogP) is 1.65. The molecule has 0 fully saturated rings. The predicted molar refractivity (Wildman–Crippen MR) is 88.5 cm³/mol. The lowest BCUT2D eigenvalue weighted by Crippen LogP contribution is -2.24. The van der Waals surface area contributed by atoms with Crippen molar-refractivity contribution in [1.82, 2.24) is 5.32 Å². The standard InChI is InChI=1S/C17H17NO5S/c1-24(22,23)15-7-5-12(6-8-15)11-18-16(19)10-13-3-2-4-14(9-13)17(20)21/h2-9H,10-11H2,1H3,(H,18,19)(H,20,21). The molecule has 0 aliphatic carbocycles. The molecule has 0 aliphatic rings. The van der Waals surface area contributed by atoms with Crippen molar-refractivity contribution < 1.29 is 23.1 Å². The molecule has 0 spiro atoms.